The van der Waals surface area contributed by atoms with Crippen molar-refractivity contribution in [3.63, 3.8) is 0 Å². The number of nitrogens with zero attached hydrogens (tertiary/aromatic N) is 6. The SMILES string of the molecule is Cn1cnnc1C(F)(F)C(F)c1cccc(N2Cc3c(cc(CN4CCC(C#N)C4)cc3C(F)(F)F)C2=O)c1. The molecule has 1 aromatic heterocycles. The highest BCUT2D eigenvalue weighted by Gasteiger charge is 2.47. The number of carbonyl (C=O) groups excluding carboxylic acids is 1. The summed E-state index contributed by atoms with van der Waals surface area (Å²) in [4.78, 5) is 16.2. The van der Waals surface area contributed by atoms with Crippen LogP contribution in [0, 0.1) is 17.2 Å². The molecule has 13 heteroatoms. The predicted molar refractivity (Wildman–Crippen MR) is 126 cm³/mol. The van der Waals surface area contributed by atoms with Gasteiger partial charge in [0.2, 0.25) is 5.82 Å². The first-order valence-electron chi connectivity index (χ1n) is 12.0. The Morgan fingerprint density at radius 3 is 2.59 bits per heavy atom. The second-order valence-corrected chi connectivity index (χ2v) is 9.75. The first-order chi connectivity index (χ1) is 18.4. The van der Waals surface area contributed by atoms with Gasteiger partial charge in [0, 0.05) is 31.4 Å². The van der Waals surface area contributed by atoms with Gasteiger partial charge in [-0.25, -0.2) is 4.39 Å². The lowest BCUT2D eigenvalue weighted by atomic mass is 9.98. The molecule has 2 aliphatic heterocycles. The molecular weight excluding hydrogens is 526 g/mol. The summed E-state index contributed by atoms with van der Waals surface area (Å²) in [6.07, 6.45) is -5.98. The van der Waals surface area contributed by atoms with Crippen molar-refractivity contribution >= 4 is 11.6 Å². The van der Waals surface area contributed by atoms with Gasteiger partial charge in [0.15, 0.2) is 6.17 Å². The molecule has 1 saturated heterocycles. The fourth-order valence-corrected chi connectivity index (χ4v) is 5.12. The van der Waals surface area contributed by atoms with E-state index in [0.717, 1.165) is 34.0 Å². The van der Waals surface area contributed by atoms with Gasteiger partial charge < -0.3 is 9.47 Å². The van der Waals surface area contributed by atoms with Crippen LogP contribution in [-0.2, 0) is 32.2 Å². The Hall–Kier alpha value is -3.92. The standard InChI is InChI=1S/C26H22F6N6O/c1-36-14-34-35-24(36)25(28,29)22(27)17-3-2-4-18(9-17)38-13-20-19(23(38)39)7-16(8-21(20)26(30,31)32)12-37-6-5-15(10-33)11-37/h2-4,7-9,14-15,22H,5-6,11-13H2,1H3. The van der Waals surface area contributed by atoms with Crippen molar-refractivity contribution in [2.45, 2.75) is 37.8 Å². The predicted octanol–water partition coefficient (Wildman–Crippen LogP) is 5.14. The molecule has 3 heterocycles. The van der Waals surface area contributed by atoms with Gasteiger partial charge in [-0.05, 0) is 53.9 Å². The number of rotatable bonds is 6. The molecular formula is C26H22F6N6O. The third kappa shape index (κ3) is 4.85. The van der Waals surface area contributed by atoms with Crippen molar-refractivity contribution in [3.8, 4) is 6.07 Å². The number of alkyl halides is 6. The quantitative estimate of drug-likeness (QED) is 0.399. The zero-order valence-corrected chi connectivity index (χ0v) is 20.6. The molecule has 0 N–H and O–H groups in total. The molecule has 2 atom stereocenters. The van der Waals surface area contributed by atoms with Gasteiger partial charge in [-0.1, -0.05) is 12.1 Å². The summed E-state index contributed by atoms with van der Waals surface area (Å²) in [6, 6.07) is 9.30. The molecule has 39 heavy (non-hydrogen) atoms. The highest BCUT2D eigenvalue weighted by atomic mass is 19.4. The van der Waals surface area contributed by atoms with Gasteiger partial charge in [0.05, 0.1) is 24.1 Å². The highest BCUT2D eigenvalue weighted by Crippen LogP contribution is 2.44. The zero-order valence-electron chi connectivity index (χ0n) is 20.6. The van der Waals surface area contributed by atoms with E-state index in [9.17, 15) is 26.7 Å². The van der Waals surface area contributed by atoms with Crippen LogP contribution >= 0.6 is 0 Å². The Morgan fingerprint density at radius 2 is 1.95 bits per heavy atom. The topological polar surface area (TPSA) is 78.1 Å². The minimum Gasteiger partial charge on any atom is -0.316 e. The van der Waals surface area contributed by atoms with Crippen LogP contribution in [0.5, 0.6) is 0 Å². The molecule has 1 amide bonds. The van der Waals surface area contributed by atoms with Crippen LogP contribution in [0.2, 0.25) is 0 Å². The third-order valence-corrected chi connectivity index (χ3v) is 7.07. The van der Waals surface area contributed by atoms with Gasteiger partial charge in [-0.2, -0.15) is 27.2 Å². The number of benzene rings is 2. The van der Waals surface area contributed by atoms with Gasteiger partial charge in [-0.15, -0.1) is 10.2 Å². The zero-order chi connectivity index (χ0) is 28.1. The van der Waals surface area contributed by atoms with Gasteiger partial charge in [0.1, 0.15) is 6.33 Å². The van der Waals surface area contributed by atoms with E-state index in [4.69, 9.17) is 5.26 Å². The Bertz CT molecular complexity index is 1460. The van der Waals surface area contributed by atoms with Crippen molar-refractivity contribution in [1.82, 2.24) is 19.7 Å². The summed E-state index contributed by atoms with van der Waals surface area (Å²) in [6.45, 7) is 0.652. The molecule has 2 aliphatic rings. The van der Waals surface area contributed by atoms with Gasteiger partial charge >= 0.3 is 12.1 Å². The maximum absolute atomic E-state index is 15.1. The van der Waals surface area contributed by atoms with Crippen molar-refractivity contribution < 1.29 is 31.1 Å². The number of fused-ring (bicyclic) bond motifs is 1. The maximum atomic E-state index is 15.1. The molecule has 2 aromatic carbocycles. The fourth-order valence-electron chi connectivity index (χ4n) is 5.12. The van der Waals surface area contributed by atoms with Crippen molar-refractivity contribution in [2.24, 2.45) is 13.0 Å². The lowest BCUT2D eigenvalue weighted by molar-refractivity contribution is -0.138. The Balaban J connectivity index is 1.45. The number of nitriles is 1. The Kier molecular flexibility index (Phi) is 6.62. The normalized spacial score (nSPS) is 18.9. The van der Waals surface area contributed by atoms with Crippen molar-refractivity contribution in [2.75, 3.05) is 18.0 Å². The minimum atomic E-state index is -4.75. The number of amides is 1. The second-order valence-electron chi connectivity index (χ2n) is 9.75. The number of halogens is 6. The number of hydrogen-bond acceptors (Lipinski definition) is 5. The Labute approximate surface area is 219 Å². The summed E-state index contributed by atoms with van der Waals surface area (Å²) in [5.74, 6) is -5.90. The molecule has 0 spiro atoms. The van der Waals surface area contributed by atoms with E-state index in [1.807, 2.05) is 4.90 Å². The molecule has 3 aromatic rings. The average molecular weight is 548 g/mol. The van der Waals surface area contributed by atoms with E-state index in [1.165, 1.54) is 25.2 Å². The Morgan fingerprint density at radius 1 is 1.18 bits per heavy atom. The van der Waals surface area contributed by atoms with E-state index < -0.39 is 47.7 Å². The first kappa shape index (κ1) is 26.7. The number of aryl methyl sites for hydroxylation is 1. The van der Waals surface area contributed by atoms with Crippen LogP contribution in [0.3, 0.4) is 0 Å². The van der Waals surface area contributed by atoms with E-state index in [1.54, 1.807) is 0 Å². The van der Waals surface area contributed by atoms with E-state index in [-0.39, 0.29) is 34.8 Å². The fraction of sp³-hybridized carbons (Fsp3) is 0.385. The third-order valence-electron chi connectivity index (χ3n) is 7.07. The summed E-state index contributed by atoms with van der Waals surface area (Å²) < 4.78 is 87.8. The van der Waals surface area contributed by atoms with E-state index in [2.05, 4.69) is 16.3 Å². The van der Waals surface area contributed by atoms with Crippen LogP contribution in [-0.4, -0.2) is 38.7 Å². The molecule has 0 saturated carbocycles. The molecule has 0 bridgehead atoms. The van der Waals surface area contributed by atoms with Crippen LogP contribution in [0.15, 0.2) is 42.7 Å². The largest absolute Gasteiger partial charge is 0.416 e. The van der Waals surface area contributed by atoms with Crippen LogP contribution in [0.4, 0.5) is 32.0 Å². The number of hydrogen-bond donors (Lipinski definition) is 0. The van der Waals surface area contributed by atoms with Crippen molar-refractivity contribution in [3.05, 3.63) is 76.4 Å². The summed E-state index contributed by atoms with van der Waals surface area (Å²) >= 11 is 0. The molecule has 2 unspecified atom stereocenters. The highest BCUT2D eigenvalue weighted by molar-refractivity contribution is 6.10. The molecule has 7 nitrogen and oxygen atoms in total. The minimum absolute atomic E-state index is 0.0174. The van der Waals surface area contributed by atoms with Crippen molar-refractivity contribution in [1.29, 1.82) is 5.26 Å². The molecule has 1 fully saturated rings. The number of carbonyl (C=O) groups is 1. The maximum Gasteiger partial charge on any atom is 0.416 e. The molecule has 0 radical (unpaired) electrons. The summed E-state index contributed by atoms with van der Waals surface area (Å²) in [5, 5.41) is 15.8. The van der Waals surface area contributed by atoms with Crippen LogP contribution in [0.25, 0.3) is 0 Å². The molecule has 204 valence electrons. The smallest absolute Gasteiger partial charge is 0.316 e. The second kappa shape index (κ2) is 9.68. The van der Waals surface area contributed by atoms with Gasteiger partial charge in [0.25, 0.3) is 5.91 Å². The lowest BCUT2D eigenvalue weighted by Gasteiger charge is -2.22. The van der Waals surface area contributed by atoms with Crippen LogP contribution < -0.4 is 4.90 Å². The van der Waals surface area contributed by atoms with Gasteiger partial charge in [-0.3, -0.25) is 9.69 Å². The molecule has 0 aliphatic carbocycles. The summed E-state index contributed by atoms with van der Waals surface area (Å²) in [5.41, 5.74) is -1.56. The number of aromatic nitrogens is 3. The lowest BCUT2D eigenvalue weighted by Crippen LogP contribution is -2.26. The summed E-state index contributed by atoms with van der Waals surface area (Å²) in [7, 11) is 1.24. The average Bonchev–Trinajstić information content (AvgIpc) is 3.62. The molecule has 5 rings (SSSR count). The number of anilines is 1. The first-order valence-corrected chi connectivity index (χ1v) is 12.0. The van der Waals surface area contributed by atoms with E-state index >= 15 is 4.39 Å². The van der Waals surface area contributed by atoms with E-state index in [0.29, 0.717) is 19.5 Å². The number of likely N-dealkylation sites (tertiary alicyclic amines) is 1. The monoisotopic (exact) mass is 548 g/mol. The van der Waals surface area contributed by atoms with Crippen LogP contribution in [0.1, 0.15) is 51.0 Å².